The first-order valence-corrected chi connectivity index (χ1v) is 6.99. The van der Waals surface area contributed by atoms with Gasteiger partial charge in [0.25, 0.3) is 0 Å². The molecule has 1 aliphatic rings. The van der Waals surface area contributed by atoms with Gasteiger partial charge in [-0.15, -0.1) is 11.3 Å². The zero-order valence-corrected chi connectivity index (χ0v) is 11.2. The Morgan fingerprint density at radius 2 is 2.53 bits per heavy atom. The Morgan fingerprint density at radius 3 is 3.13 bits per heavy atom. The third-order valence-electron chi connectivity index (χ3n) is 2.92. The van der Waals surface area contributed by atoms with E-state index in [4.69, 9.17) is 4.74 Å². The summed E-state index contributed by atoms with van der Waals surface area (Å²) >= 11 is 5.33. The monoisotopic (exact) mass is 289 g/mol. The maximum atomic E-state index is 5.53. The molecule has 0 radical (unpaired) electrons. The highest BCUT2D eigenvalue weighted by Gasteiger charge is 2.23. The summed E-state index contributed by atoms with van der Waals surface area (Å²) in [6.45, 7) is 5.11. The van der Waals surface area contributed by atoms with Crippen LogP contribution in [-0.4, -0.2) is 19.3 Å². The molecule has 1 aromatic heterocycles. The molecule has 1 fully saturated rings. The van der Waals surface area contributed by atoms with Gasteiger partial charge >= 0.3 is 0 Å². The van der Waals surface area contributed by atoms with Gasteiger partial charge < -0.3 is 10.1 Å². The van der Waals surface area contributed by atoms with Gasteiger partial charge in [-0.25, -0.2) is 0 Å². The summed E-state index contributed by atoms with van der Waals surface area (Å²) in [5.74, 6) is 0.684. The van der Waals surface area contributed by atoms with Crippen LogP contribution in [0.1, 0.15) is 18.2 Å². The quantitative estimate of drug-likeness (QED) is 0.920. The molecule has 0 amide bonds. The van der Waals surface area contributed by atoms with Crippen LogP contribution >= 0.6 is 27.3 Å². The number of thiophene rings is 1. The topological polar surface area (TPSA) is 21.3 Å². The van der Waals surface area contributed by atoms with Crippen molar-refractivity contribution < 1.29 is 4.74 Å². The summed E-state index contributed by atoms with van der Waals surface area (Å²) in [4.78, 5) is 1.38. The molecule has 2 nitrogen and oxygen atoms in total. The molecule has 0 spiro atoms. The van der Waals surface area contributed by atoms with Gasteiger partial charge in [0.1, 0.15) is 0 Å². The predicted octanol–water partition coefficient (Wildman–Crippen LogP) is 3.03. The van der Waals surface area contributed by atoms with Crippen molar-refractivity contribution in [3.05, 3.63) is 20.8 Å². The summed E-state index contributed by atoms with van der Waals surface area (Å²) < 4.78 is 6.75. The number of nitrogens with one attached hydrogen (secondary N) is 1. The summed E-state index contributed by atoms with van der Waals surface area (Å²) in [7, 11) is 0. The largest absolute Gasteiger partial charge is 0.378 e. The average molecular weight is 290 g/mol. The third-order valence-corrected chi connectivity index (χ3v) is 4.84. The van der Waals surface area contributed by atoms with E-state index in [9.17, 15) is 0 Å². The van der Waals surface area contributed by atoms with Crippen LogP contribution in [-0.2, 0) is 11.3 Å². The lowest BCUT2D eigenvalue weighted by Gasteiger charge is -2.14. The normalized spacial score (nSPS) is 26.0. The van der Waals surface area contributed by atoms with Gasteiger partial charge in [-0.3, -0.25) is 0 Å². The molecule has 0 saturated carbocycles. The van der Waals surface area contributed by atoms with Crippen LogP contribution in [0, 0.1) is 5.92 Å². The van der Waals surface area contributed by atoms with Crippen molar-refractivity contribution in [3.63, 3.8) is 0 Å². The van der Waals surface area contributed by atoms with Crippen LogP contribution in [0.4, 0.5) is 0 Å². The van der Waals surface area contributed by atoms with E-state index in [-0.39, 0.29) is 0 Å². The highest BCUT2D eigenvalue weighted by atomic mass is 79.9. The molecule has 2 rings (SSSR count). The molecule has 4 heteroatoms. The molecule has 0 aliphatic carbocycles. The van der Waals surface area contributed by atoms with Crippen molar-refractivity contribution >= 4 is 27.3 Å². The molecule has 1 aliphatic heterocycles. The van der Waals surface area contributed by atoms with Crippen molar-refractivity contribution in [1.82, 2.24) is 5.32 Å². The van der Waals surface area contributed by atoms with Crippen LogP contribution in [0.15, 0.2) is 15.9 Å². The van der Waals surface area contributed by atoms with E-state index < -0.39 is 0 Å². The first-order chi connectivity index (χ1) is 7.27. The fourth-order valence-electron chi connectivity index (χ4n) is 1.87. The van der Waals surface area contributed by atoms with Gasteiger partial charge in [0.05, 0.1) is 6.10 Å². The standard InChI is InChI=1S/C11H16BrNOS/c1-8-9(2-4-14-8)6-13-7-11-10(12)3-5-15-11/h3,5,8-9,13H,2,4,6-7H2,1H3. The molecule has 15 heavy (non-hydrogen) atoms. The summed E-state index contributed by atoms with van der Waals surface area (Å²) in [5, 5.41) is 5.61. The van der Waals surface area contributed by atoms with Crippen LogP contribution in [0.3, 0.4) is 0 Å². The van der Waals surface area contributed by atoms with Gasteiger partial charge in [0.15, 0.2) is 0 Å². The minimum atomic E-state index is 0.421. The maximum absolute atomic E-state index is 5.53. The van der Waals surface area contributed by atoms with Crippen LogP contribution in [0.2, 0.25) is 0 Å². The second kappa shape index (κ2) is 5.43. The summed E-state index contributed by atoms with van der Waals surface area (Å²) in [6, 6.07) is 2.10. The smallest absolute Gasteiger partial charge is 0.0588 e. The zero-order valence-electron chi connectivity index (χ0n) is 8.83. The number of ether oxygens (including phenoxy) is 1. The Hall–Kier alpha value is 0.100. The van der Waals surface area contributed by atoms with E-state index >= 15 is 0 Å². The molecule has 0 aromatic carbocycles. The van der Waals surface area contributed by atoms with Gasteiger partial charge in [-0.1, -0.05) is 0 Å². The highest BCUT2D eigenvalue weighted by molar-refractivity contribution is 9.10. The molecule has 2 heterocycles. The first-order valence-electron chi connectivity index (χ1n) is 5.31. The second-order valence-corrected chi connectivity index (χ2v) is 5.80. The molecule has 1 saturated heterocycles. The van der Waals surface area contributed by atoms with E-state index in [1.165, 1.54) is 15.8 Å². The summed E-state index contributed by atoms with van der Waals surface area (Å²) in [5.41, 5.74) is 0. The minimum absolute atomic E-state index is 0.421. The zero-order chi connectivity index (χ0) is 10.7. The Labute approximate surface area is 103 Å². The highest BCUT2D eigenvalue weighted by Crippen LogP contribution is 2.23. The molecule has 2 atom stereocenters. The van der Waals surface area contributed by atoms with Crippen molar-refractivity contribution in [2.45, 2.75) is 26.0 Å². The predicted molar refractivity (Wildman–Crippen MR) is 67.2 cm³/mol. The molecule has 0 bridgehead atoms. The van der Waals surface area contributed by atoms with Gasteiger partial charge in [0, 0.05) is 29.0 Å². The lowest BCUT2D eigenvalue weighted by atomic mass is 10.0. The van der Waals surface area contributed by atoms with Crippen LogP contribution in [0.25, 0.3) is 0 Å². The minimum Gasteiger partial charge on any atom is -0.378 e. The lowest BCUT2D eigenvalue weighted by Crippen LogP contribution is -2.26. The van der Waals surface area contributed by atoms with Gasteiger partial charge in [-0.2, -0.15) is 0 Å². The third kappa shape index (κ3) is 3.03. The first kappa shape index (κ1) is 11.6. The van der Waals surface area contributed by atoms with E-state index in [2.05, 4.69) is 39.6 Å². The number of hydrogen-bond donors (Lipinski definition) is 1. The fraction of sp³-hybridized carbons (Fsp3) is 0.636. The molecule has 2 unspecified atom stereocenters. The molecule has 84 valence electrons. The summed E-state index contributed by atoms with van der Waals surface area (Å²) in [6.07, 6.45) is 1.61. The van der Waals surface area contributed by atoms with Crippen LogP contribution in [0.5, 0.6) is 0 Å². The fourth-order valence-corrected chi connectivity index (χ4v) is 3.33. The van der Waals surface area contributed by atoms with Crippen molar-refractivity contribution in [2.75, 3.05) is 13.2 Å². The van der Waals surface area contributed by atoms with Crippen LogP contribution < -0.4 is 5.32 Å². The van der Waals surface area contributed by atoms with Gasteiger partial charge in [-0.05, 0) is 46.6 Å². The van der Waals surface area contributed by atoms with Gasteiger partial charge in [0.2, 0.25) is 0 Å². The van der Waals surface area contributed by atoms with E-state index in [1.807, 2.05) is 0 Å². The van der Waals surface area contributed by atoms with Crippen molar-refractivity contribution in [2.24, 2.45) is 5.92 Å². The Kier molecular flexibility index (Phi) is 4.20. The van der Waals surface area contributed by atoms with Crippen molar-refractivity contribution in [3.8, 4) is 0 Å². The Morgan fingerprint density at radius 1 is 1.67 bits per heavy atom. The molecular weight excluding hydrogens is 274 g/mol. The number of halogens is 1. The number of hydrogen-bond acceptors (Lipinski definition) is 3. The number of rotatable bonds is 4. The lowest BCUT2D eigenvalue weighted by molar-refractivity contribution is 0.105. The maximum Gasteiger partial charge on any atom is 0.0588 e. The molecular formula is C11H16BrNOS. The van der Waals surface area contributed by atoms with Crippen molar-refractivity contribution in [1.29, 1.82) is 0 Å². The van der Waals surface area contributed by atoms with E-state index in [0.717, 1.165) is 19.7 Å². The Bertz CT molecular complexity index is 315. The SMILES string of the molecule is CC1OCCC1CNCc1sccc1Br. The molecule has 1 N–H and O–H groups in total. The van der Waals surface area contributed by atoms with E-state index in [0.29, 0.717) is 12.0 Å². The second-order valence-electron chi connectivity index (χ2n) is 3.95. The molecule has 1 aromatic rings. The Balaban J connectivity index is 1.73. The van der Waals surface area contributed by atoms with E-state index in [1.54, 1.807) is 11.3 Å². The average Bonchev–Trinajstić information content (AvgIpc) is 2.78.